The quantitative estimate of drug-likeness (QED) is 0.939. The van der Waals surface area contributed by atoms with Crippen molar-refractivity contribution in [2.75, 3.05) is 0 Å². The van der Waals surface area contributed by atoms with Gasteiger partial charge in [0.1, 0.15) is 5.82 Å². The van der Waals surface area contributed by atoms with Gasteiger partial charge in [0.2, 0.25) is 5.91 Å². The van der Waals surface area contributed by atoms with Gasteiger partial charge >= 0.3 is 0 Å². The molecule has 0 aliphatic rings. The Bertz CT molecular complexity index is 624. The van der Waals surface area contributed by atoms with Crippen LogP contribution in [0.5, 0.6) is 0 Å². The molecule has 2 rings (SSSR count). The molecule has 0 aliphatic carbocycles. The Morgan fingerprint density at radius 3 is 2.80 bits per heavy atom. The summed E-state index contributed by atoms with van der Waals surface area (Å²) in [5.74, 6) is -0.439. The van der Waals surface area contributed by atoms with Crippen LogP contribution in [0.15, 0.2) is 24.3 Å². The Morgan fingerprint density at radius 1 is 1.45 bits per heavy atom. The highest BCUT2D eigenvalue weighted by molar-refractivity contribution is 7.11. The van der Waals surface area contributed by atoms with Crippen molar-refractivity contribution in [1.29, 1.82) is 0 Å². The number of nitrogens with zero attached hydrogens (tertiary/aromatic N) is 1. The molecule has 2 aromatic rings. The van der Waals surface area contributed by atoms with Crippen LogP contribution in [0, 0.1) is 19.7 Å². The maximum atomic E-state index is 13.1. The second-order valence-corrected chi connectivity index (χ2v) is 6.01. The molecule has 1 aromatic carbocycles. The van der Waals surface area contributed by atoms with Crippen molar-refractivity contribution in [3.63, 3.8) is 0 Å². The summed E-state index contributed by atoms with van der Waals surface area (Å²) in [6, 6.07) is 6.02. The van der Waals surface area contributed by atoms with Crippen LogP contribution in [0.4, 0.5) is 4.39 Å². The number of amides is 1. The number of aryl methyl sites for hydroxylation is 2. The molecule has 0 spiro atoms. The molecule has 1 aromatic heterocycles. The van der Waals surface area contributed by atoms with E-state index in [-0.39, 0.29) is 24.2 Å². The van der Waals surface area contributed by atoms with E-state index in [4.69, 9.17) is 0 Å². The first-order chi connectivity index (χ1) is 9.45. The van der Waals surface area contributed by atoms with Gasteiger partial charge in [-0.3, -0.25) is 4.79 Å². The summed E-state index contributed by atoms with van der Waals surface area (Å²) in [4.78, 5) is 17.4. The molecular weight excluding hydrogens is 275 g/mol. The Balaban J connectivity index is 1.99. The number of aromatic nitrogens is 1. The zero-order chi connectivity index (χ0) is 14.7. The second-order valence-electron chi connectivity index (χ2n) is 4.78. The second kappa shape index (κ2) is 6.13. The van der Waals surface area contributed by atoms with Crippen LogP contribution in [-0.4, -0.2) is 10.9 Å². The predicted octanol–water partition coefficient (Wildman–Crippen LogP) is 3.32. The van der Waals surface area contributed by atoms with E-state index in [1.807, 2.05) is 20.8 Å². The summed E-state index contributed by atoms with van der Waals surface area (Å²) < 4.78 is 13.1. The molecule has 106 valence electrons. The Hall–Kier alpha value is -1.75. The van der Waals surface area contributed by atoms with Crippen LogP contribution >= 0.6 is 11.3 Å². The van der Waals surface area contributed by atoms with E-state index in [0.717, 1.165) is 15.6 Å². The largest absolute Gasteiger partial charge is 0.348 e. The van der Waals surface area contributed by atoms with Crippen molar-refractivity contribution in [2.45, 2.75) is 33.2 Å². The Morgan fingerprint density at radius 2 is 2.20 bits per heavy atom. The maximum absolute atomic E-state index is 13.1. The third kappa shape index (κ3) is 3.63. The van der Waals surface area contributed by atoms with E-state index in [1.54, 1.807) is 23.5 Å². The summed E-state index contributed by atoms with van der Waals surface area (Å²) >= 11 is 1.59. The lowest BCUT2D eigenvalue weighted by Gasteiger charge is -2.13. The molecule has 1 heterocycles. The van der Waals surface area contributed by atoms with E-state index in [0.29, 0.717) is 5.56 Å². The molecule has 5 heteroatoms. The van der Waals surface area contributed by atoms with Gasteiger partial charge in [-0.1, -0.05) is 12.1 Å². The number of rotatable bonds is 4. The van der Waals surface area contributed by atoms with Crippen LogP contribution < -0.4 is 5.32 Å². The van der Waals surface area contributed by atoms with Gasteiger partial charge in [0.05, 0.1) is 23.2 Å². The van der Waals surface area contributed by atoms with Crippen LogP contribution in [0.1, 0.15) is 34.1 Å². The minimum Gasteiger partial charge on any atom is -0.348 e. The van der Waals surface area contributed by atoms with Gasteiger partial charge in [-0.25, -0.2) is 9.37 Å². The fourth-order valence-corrected chi connectivity index (χ4v) is 3.07. The van der Waals surface area contributed by atoms with Gasteiger partial charge in [-0.15, -0.1) is 11.3 Å². The summed E-state index contributed by atoms with van der Waals surface area (Å²) in [7, 11) is 0. The molecular formula is C15H17FN2OS. The molecule has 0 saturated carbocycles. The molecule has 3 nitrogen and oxygen atoms in total. The monoisotopic (exact) mass is 292 g/mol. The normalized spacial score (nSPS) is 12.2. The highest BCUT2D eigenvalue weighted by atomic mass is 32.1. The van der Waals surface area contributed by atoms with E-state index >= 15 is 0 Å². The first kappa shape index (κ1) is 14.7. The molecule has 0 saturated heterocycles. The average molecular weight is 292 g/mol. The number of thiazole rings is 1. The van der Waals surface area contributed by atoms with Gasteiger partial charge < -0.3 is 5.32 Å². The number of nitrogens with one attached hydrogen (secondary N) is 1. The van der Waals surface area contributed by atoms with Crippen molar-refractivity contribution < 1.29 is 9.18 Å². The van der Waals surface area contributed by atoms with Crippen LogP contribution in [0.2, 0.25) is 0 Å². The molecule has 0 radical (unpaired) electrons. The average Bonchev–Trinajstić information content (AvgIpc) is 2.68. The summed E-state index contributed by atoms with van der Waals surface area (Å²) in [6.45, 7) is 5.82. The van der Waals surface area contributed by atoms with Gasteiger partial charge in [-0.2, -0.15) is 0 Å². The number of hydrogen-bond acceptors (Lipinski definition) is 3. The van der Waals surface area contributed by atoms with Gasteiger partial charge in [0, 0.05) is 4.88 Å². The predicted molar refractivity (Wildman–Crippen MR) is 78.2 cm³/mol. The fourth-order valence-electron chi connectivity index (χ4n) is 2.14. The SMILES string of the molecule is Cc1nc(C)c([C@@H](C)NC(=O)Cc2cccc(F)c2)s1. The van der Waals surface area contributed by atoms with Crippen molar-refractivity contribution in [3.05, 3.63) is 51.2 Å². The number of carbonyl (C=O) groups excluding carboxylic acids is 1. The number of halogens is 1. The van der Waals surface area contributed by atoms with Crippen molar-refractivity contribution in [3.8, 4) is 0 Å². The van der Waals surface area contributed by atoms with Gasteiger partial charge in [0.15, 0.2) is 0 Å². The third-order valence-corrected chi connectivity index (χ3v) is 4.22. The van der Waals surface area contributed by atoms with E-state index in [9.17, 15) is 9.18 Å². The van der Waals surface area contributed by atoms with Crippen LogP contribution in [0.3, 0.4) is 0 Å². The topological polar surface area (TPSA) is 42.0 Å². The molecule has 1 atom stereocenters. The number of benzene rings is 1. The highest BCUT2D eigenvalue weighted by Crippen LogP contribution is 2.24. The third-order valence-electron chi connectivity index (χ3n) is 2.96. The van der Waals surface area contributed by atoms with E-state index < -0.39 is 0 Å². The van der Waals surface area contributed by atoms with Gasteiger partial charge in [0.25, 0.3) is 0 Å². The lowest BCUT2D eigenvalue weighted by molar-refractivity contribution is -0.121. The Kier molecular flexibility index (Phi) is 4.49. The molecule has 0 fully saturated rings. The maximum Gasteiger partial charge on any atom is 0.224 e. The smallest absolute Gasteiger partial charge is 0.224 e. The molecule has 0 bridgehead atoms. The number of hydrogen-bond donors (Lipinski definition) is 1. The summed E-state index contributed by atoms with van der Waals surface area (Å²) in [5, 5.41) is 3.92. The molecule has 0 aliphatic heterocycles. The van der Waals surface area contributed by atoms with E-state index in [2.05, 4.69) is 10.3 Å². The lowest BCUT2D eigenvalue weighted by Crippen LogP contribution is -2.28. The zero-order valence-corrected chi connectivity index (χ0v) is 12.6. The zero-order valence-electron chi connectivity index (χ0n) is 11.7. The van der Waals surface area contributed by atoms with Gasteiger partial charge in [-0.05, 0) is 38.5 Å². The molecule has 20 heavy (non-hydrogen) atoms. The first-order valence-corrected chi connectivity index (χ1v) is 7.25. The summed E-state index contributed by atoms with van der Waals surface area (Å²) in [5.41, 5.74) is 1.62. The van der Waals surface area contributed by atoms with Crippen LogP contribution in [-0.2, 0) is 11.2 Å². The molecule has 1 N–H and O–H groups in total. The lowest BCUT2D eigenvalue weighted by atomic mass is 10.1. The van der Waals surface area contributed by atoms with Crippen molar-refractivity contribution in [2.24, 2.45) is 0 Å². The highest BCUT2D eigenvalue weighted by Gasteiger charge is 2.15. The standard InChI is InChI=1S/C15H17FN2OS/c1-9-15(20-11(3)17-9)10(2)18-14(19)8-12-5-4-6-13(16)7-12/h4-7,10H,8H2,1-3H3,(H,18,19)/t10-/m1/s1. The fraction of sp³-hybridized carbons (Fsp3) is 0.333. The molecule has 0 unspecified atom stereocenters. The number of carbonyl (C=O) groups is 1. The minimum atomic E-state index is -0.322. The van der Waals surface area contributed by atoms with Crippen LogP contribution in [0.25, 0.3) is 0 Å². The van der Waals surface area contributed by atoms with Crippen molar-refractivity contribution >= 4 is 17.2 Å². The first-order valence-electron chi connectivity index (χ1n) is 6.43. The Labute approximate surface area is 121 Å². The van der Waals surface area contributed by atoms with Crippen molar-refractivity contribution in [1.82, 2.24) is 10.3 Å². The summed E-state index contributed by atoms with van der Waals surface area (Å²) in [6.07, 6.45) is 0.179. The molecule has 1 amide bonds. The minimum absolute atomic E-state index is 0.0812. The van der Waals surface area contributed by atoms with E-state index in [1.165, 1.54) is 12.1 Å².